The third kappa shape index (κ3) is 7.48. The van der Waals surface area contributed by atoms with Crippen molar-refractivity contribution in [3.8, 4) is 0 Å². The van der Waals surface area contributed by atoms with Crippen LogP contribution in [0.2, 0.25) is 0 Å². The molecule has 0 aromatic heterocycles. The highest BCUT2D eigenvalue weighted by molar-refractivity contribution is 8.00. The van der Waals surface area contributed by atoms with E-state index >= 15 is 0 Å². The monoisotopic (exact) mass is 681 g/mol. The van der Waals surface area contributed by atoms with Crippen molar-refractivity contribution in [2.45, 2.75) is 20.9 Å². The summed E-state index contributed by atoms with van der Waals surface area (Å²) in [7, 11) is 0. The topological polar surface area (TPSA) is 78.5 Å². The van der Waals surface area contributed by atoms with Crippen molar-refractivity contribution in [2.75, 3.05) is 16.0 Å². The Balaban J connectivity index is 1.17. The Hall–Kier alpha value is -5.26. The average Bonchev–Trinajstić information content (AvgIpc) is 3.10. The number of amides is 3. The number of nitrogens with one attached hydrogen (secondary N) is 2. The van der Waals surface area contributed by atoms with Crippen LogP contribution in [0.1, 0.15) is 21.5 Å². The summed E-state index contributed by atoms with van der Waals surface area (Å²) < 4.78 is 41.2. The molecule has 0 fully saturated rings. The van der Waals surface area contributed by atoms with Gasteiger partial charge in [-0.05, 0) is 78.4 Å². The summed E-state index contributed by atoms with van der Waals surface area (Å²) in [6.45, 7) is 0. The number of para-hydroxylation sites is 2. The third-order valence-electron chi connectivity index (χ3n) is 7.25. The van der Waals surface area contributed by atoms with Gasteiger partial charge in [-0.2, -0.15) is 13.2 Å². The molecule has 1 aliphatic heterocycles. The molecule has 6 rings (SSSR count). The number of carbonyl (C=O) groups is 3. The zero-order chi connectivity index (χ0) is 33.7. The van der Waals surface area contributed by atoms with E-state index in [0.29, 0.717) is 5.69 Å². The molecule has 48 heavy (non-hydrogen) atoms. The Labute approximate surface area is 283 Å². The fraction of sp³-hybridized carbons (Fsp3) is 0.0541. The van der Waals surface area contributed by atoms with Gasteiger partial charge in [-0.3, -0.25) is 19.3 Å². The summed E-state index contributed by atoms with van der Waals surface area (Å²) in [5.41, 5.74) is 0.622. The van der Waals surface area contributed by atoms with Crippen molar-refractivity contribution < 1.29 is 27.6 Å². The van der Waals surface area contributed by atoms with Crippen LogP contribution in [0.15, 0.2) is 148 Å². The molecule has 240 valence electrons. The number of hydrogen-bond acceptors (Lipinski definition) is 5. The molecule has 6 nitrogen and oxygen atoms in total. The van der Waals surface area contributed by atoms with Crippen molar-refractivity contribution >= 4 is 64.4 Å². The molecular formula is C37H26F3N3O3S2. The molecule has 0 radical (unpaired) electrons. The van der Waals surface area contributed by atoms with E-state index in [2.05, 4.69) is 10.6 Å². The minimum absolute atomic E-state index is 0.0966. The van der Waals surface area contributed by atoms with Crippen LogP contribution in [0, 0.1) is 0 Å². The molecule has 0 bridgehead atoms. The van der Waals surface area contributed by atoms with Gasteiger partial charge in [0.05, 0.1) is 22.7 Å². The van der Waals surface area contributed by atoms with Gasteiger partial charge in [0.2, 0.25) is 5.91 Å². The van der Waals surface area contributed by atoms with Gasteiger partial charge in [0.1, 0.15) is 5.70 Å². The van der Waals surface area contributed by atoms with E-state index in [-0.39, 0.29) is 28.5 Å². The molecule has 1 heterocycles. The standard InChI is InChI=1S/C37H26F3N3O3S2/c38-37(39,40)28-13-5-4-12-25(28)22-29(42-35(45)24-10-2-1-3-11-24)36(46)41-26-18-20-27(21-19-26)47-23-34(44)43-30-14-6-8-16-32(30)48-33-17-9-7-15-31(33)43/h1-22H,23H2,(H,41,46)(H,42,45). The first-order chi connectivity index (χ1) is 23.2. The molecule has 1 aliphatic rings. The summed E-state index contributed by atoms with van der Waals surface area (Å²) in [5, 5.41) is 5.12. The zero-order valence-electron chi connectivity index (χ0n) is 25.0. The Kier molecular flexibility index (Phi) is 9.70. The molecule has 0 unspecified atom stereocenters. The maximum Gasteiger partial charge on any atom is 0.416 e. The van der Waals surface area contributed by atoms with Crippen molar-refractivity contribution in [2.24, 2.45) is 0 Å². The van der Waals surface area contributed by atoms with Crippen molar-refractivity contribution in [1.82, 2.24) is 5.32 Å². The van der Waals surface area contributed by atoms with E-state index in [4.69, 9.17) is 0 Å². The Morgan fingerprint density at radius 3 is 1.96 bits per heavy atom. The first-order valence-electron chi connectivity index (χ1n) is 14.6. The number of rotatable bonds is 8. The number of carbonyl (C=O) groups excluding carboxylic acids is 3. The summed E-state index contributed by atoms with van der Waals surface area (Å²) in [4.78, 5) is 44.3. The Morgan fingerprint density at radius 2 is 1.31 bits per heavy atom. The highest BCUT2D eigenvalue weighted by atomic mass is 32.2. The maximum absolute atomic E-state index is 13.7. The molecule has 3 amide bonds. The number of anilines is 3. The van der Waals surface area contributed by atoms with Crippen LogP contribution in [0.4, 0.5) is 30.2 Å². The summed E-state index contributed by atoms with van der Waals surface area (Å²) in [6.07, 6.45) is -3.67. The lowest BCUT2D eigenvalue weighted by Gasteiger charge is -2.31. The lowest BCUT2D eigenvalue weighted by molar-refractivity contribution is -0.137. The van der Waals surface area contributed by atoms with Gasteiger partial charge in [0.15, 0.2) is 0 Å². The van der Waals surface area contributed by atoms with Crippen LogP contribution in [-0.4, -0.2) is 23.5 Å². The van der Waals surface area contributed by atoms with Crippen molar-refractivity contribution in [3.05, 3.63) is 150 Å². The molecule has 5 aromatic carbocycles. The molecule has 5 aromatic rings. The first kappa shape index (κ1) is 32.7. The Morgan fingerprint density at radius 1 is 0.729 bits per heavy atom. The maximum atomic E-state index is 13.7. The van der Waals surface area contributed by atoms with Gasteiger partial charge in [0, 0.05) is 25.9 Å². The van der Waals surface area contributed by atoms with Crippen LogP contribution < -0.4 is 15.5 Å². The average molecular weight is 682 g/mol. The van der Waals surface area contributed by atoms with Crippen LogP contribution >= 0.6 is 23.5 Å². The number of hydrogen-bond donors (Lipinski definition) is 2. The lowest BCUT2D eigenvalue weighted by atomic mass is 10.1. The summed E-state index contributed by atoms with van der Waals surface area (Å²) in [6, 6.07) is 35.0. The van der Waals surface area contributed by atoms with Crippen LogP contribution in [0.3, 0.4) is 0 Å². The molecule has 0 saturated heterocycles. The smallest absolute Gasteiger partial charge is 0.321 e. The van der Waals surface area contributed by atoms with Gasteiger partial charge < -0.3 is 10.6 Å². The van der Waals surface area contributed by atoms with Crippen molar-refractivity contribution in [3.63, 3.8) is 0 Å². The third-order valence-corrected chi connectivity index (χ3v) is 9.38. The molecule has 11 heteroatoms. The molecule has 0 atom stereocenters. The van der Waals surface area contributed by atoms with Crippen molar-refractivity contribution in [1.29, 1.82) is 0 Å². The number of halogens is 3. The number of nitrogens with zero attached hydrogens (tertiary/aromatic N) is 1. The van der Waals surface area contributed by atoms with Crippen LogP contribution in [0.5, 0.6) is 0 Å². The van der Waals surface area contributed by atoms with Crippen LogP contribution in [-0.2, 0) is 15.8 Å². The number of alkyl halides is 3. The molecule has 0 saturated carbocycles. The quantitative estimate of drug-likeness (QED) is 0.126. The van der Waals surface area contributed by atoms with Gasteiger partial charge in [0.25, 0.3) is 11.8 Å². The van der Waals surface area contributed by atoms with Gasteiger partial charge in [-0.15, -0.1) is 11.8 Å². The normalized spacial score (nSPS) is 12.5. The van der Waals surface area contributed by atoms with E-state index in [1.807, 2.05) is 48.5 Å². The highest BCUT2D eigenvalue weighted by Gasteiger charge is 2.33. The SMILES string of the molecule is O=C(Nc1ccc(SCC(=O)N2c3ccccc3Sc3ccccc32)cc1)C(=Cc1ccccc1C(F)(F)F)NC(=O)c1ccccc1. The highest BCUT2D eigenvalue weighted by Crippen LogP contribution is 2.48. The summed E-state index contributed by atoms with van der Waals surface area (Å²) >= 11 is 2.95. The summed E-state index contributed by atoms with van der Waals surface area (Å²) in [5.74, 6) is -1.42. The predicted molar refractivity (Wildman–Crippen MR) is 183 cm³/mol. The minimum atomic E-state index is -4.67. The van der Waals surface area contributed by atoms with E-state index in [1.165, 1.54) is 42.1 Å². The fourth-order valence-electron chi connectivity index (χ4n) is 4.99. The largest absolute Gasteiger partial charge is 0.416 e. The van der Waals surface area contributed by atoms with Crippen LogP contribution in [0.25, 0.3) is 6.08 Å². The molecular weight excluding hydrogens is 656 g/mol. The van der Waals surface area contributed by atoms with Gasteiger partial charge in [-0.25, -0.2) is 0 Å². The Bertz CT molecular complexity index is 1970. The van der Waals surface area contributed by atoms with E-state index in [0.717, 1.165) is 38.2 Å². The second kappa shape index (κ2) is 14.2. The second-order valence-electron chi connectivity index (χ2n) is 10.5. The number of thioether (sulfide) groups is 1. The zero-order valence-corrected chi connectivity index (χ0v) is 26.7. The van der Waals surface area contributed by atoms with E-state index in [9.17, 15) is 27.6 Å². The van der Waals surface area contributed by atoms with Gasteiger partial charge in [-0.1, -0.05) is 72.4 Å². The first-order valence-corrected chi connectivity index (χ1v) is 16.4. The number of fused-ring (bicyclic) bond motifs is 2. The van der Waals surface area contributed by atoms with E-state index in [1.54, 1.807) is 59.1 Å². The number of benzene rings is 5. The molecule has 0 aliphatic carbocycles. The molecule has 2 N–H and O–H groups in total. The minimum Gasteiger partial charge on any atom is -0.321 e. The second-order valence-corrected chi connectivity index (χ2v) is 12.6. The molecule has 0 spiro atoms. The van der Waals surface area contributed by atoms with Gasteiger partial charge >= 0.3 is 6.18 Å². The van der Waals surface area contributed by atoms with E-state index < -0.39 is 23.6 Å². The predicted octanol–water partition coefficient (Wildman–Crippen LogP) is 9.04. The fourth-order valence-corrected chi connectivity index (χ4v) is 6.80. The lowest BCUT2D eigenvalue weighted by Crippen LogP contribution is -2.30.